The van der Waals surface area contributed by atoms with E-state index in [9.17, 15) is 13.2 Å². The van der Waals surface area contributed by atoms with Crippen LogP contribution in [0, 0.1) is 0 Å². The van der Waals surface area contributed by atoms with Crippen molar-refractivity contribution in [3.05, 3.63) is 36.0 Å². The summed E-state index contributed by atoms with van der Waals surface area (Å²) in [7, 11) is 0. The van der Waals surface area contributed by atoms with E-state index in [0.29, 0.717) is 10.9 Å². The first-order chi connectivity index (χ1) is 11.8. The average Bonchev–Trinajstić information content (AvgIpc) is 2.58. The molecule has 0 unspecified atom stereocenters. The van der Waals surface area contributed by atoms with E-state index in [4.69, 9.17) is 0 Å². The number of alkyl halides is 3. The van der Waals surface area contributed by atoms with Gasteiger partial charge in [0.05, 0.1) is 11.1 Å². The Balaban J connectivity index is 2.05. The van der Waals surface area contributed by atoms with Crippen LogP contribution in [0.1, 0.15) is 39.2 Å². The molecule has 138 valence electrons. The Morgan fingerprint density at radius 1 is 1.16 bits per heavy atom. The molecule has 1 aromatic carbocycles. The second-order valence-corrected chi connectivity index (χ2v) is 6.30. The van der Waals surface area contributed by atoms with Gasteiger partial charge >= 0.3 is 6.18 Å². The predicted octanol–water partition coefficient (Wildman–Crippen LogP) is 5.18. The molecule has 1 atom stereocenters. The number of halogens is 3. The maximum Gasteiger partial charge on any atom is 0.416 e. The van der Waals surface area contributed by atoms with E-state index in [0.717, 1.165) is 50.3 Å². The van der Waals surface area contributed by atoms with Crippen LogP contribution in [0.15, 0.2) is 30.5 Å². The van der Waals surface area contributed by atoms with E-state index in [-0.39, 0.29) is 6.04 Å². The van der Waals surface area contributed by atoms with Crippen LogP contribution in [-0.2, 0) is 6.18 Å². The Hall–Kier alpha value is -1.82. The first-order valence-electron chi connectivity index (χ1n) is 8.80. The Morgan fingerprint density at radius 3 is 2.52 bits per heavy atom. The quantitative estimate of drug-likeness (QED) is 0.709. The van der Waals surface area contributed by atoms with Crippen molar-refractivity contribution in [3.8, 4) is 0 Å². The monoisotopic (exact) mass is 353 g/mol. The molecule has 0 saturated heterocycles. The highest BCUT2D eigenvalue weighted by Gasteiger charge is 2.30. The highest BCUT2D eigenvalue weighted by atomic mass is 19.4. The summed E-state index contributed by atoms with van der Waals surface area (Å²) in [4.78, 5) is 6.47. The Kier molecular flexibility index (Phi) is 6.64. The normalized spacial score (nSPS) is 13.4. The van der Waals surface area contributed by atoms with E-state index in [1.165, 1.54) is 6.07 Å². The number of fused-ring (bicyclic) bond motifs is 1. The number of aromatic nitrogens is 1. The molecule has 1 heterocycles. The van der Waals surface area contributed by atoms with E-state index in [1.807, 2.05) is 6.07 Å². The Bertz CT molecular complexity index is 681. The molecule has 0 aliphatic rings. The molecule has 3 nitrogen and oxygen atoms in total. The molecule has 2 rings (SSSR count). The van der Waals surface area contributed by atoms with Gasteiger partial charge in [0.2, 0.25) is 0 Å². The molecule has 0 aliphatic carbocycles. The second-order valence-electron chi connectivity index (χ2n) is 6.30. The van der Waals surface area contributed by atoms with Crippen molar-refractivity contribution in [3.63, 3.8) is 0 Å². The van der Waals surface area contributed by atoms with Crippen LogP contribution >= 0.6 is 0 Å². The van der Waals surface area contributed by atoms with Crippen LogP contribution in [-0.4, -0.2) is 35.6 Å². The number of pyridine rings is 1. The fraction of sp³-hybridized carbons (Fsp3) is 0.526. The molecular weight excluding hydrogens is 327 g/mol. The van der Waals surface area contributed by atoms with Gasteiger partial charge in [-0.3, -0.25) is 4.98 Å². The Morgan fingerprint density at radius 2 is 1.88 bits per heavy atom. The summed E-state index contributed by atoms with van der Waals surface area (Å²) in [5.41, 5.74) is 0.515. The van der Waals surface area contributed by atoms with Gasteiger partial charge in [0.25, 0.3) is 0 Å². The smallest absolute Gasteiger partial charge is 0.382 e. The number of rotatable bonds is 8. The van der Waals surface area contributed by atoms with Gasteiger partial charge in [-0.15, -0.1) is 0 Å². The lowest BCUT2D eigenvalue weighted by Crippen LogP contribution is -2.25. The number of nitrogens with zero attached hydrogens (tertiary/aromatic N) is 2. The van der Waals surface area contributed by atoms with Crippen molar-refractivity contribution in [2.24, 2.45) is 0 Å². The van der Waals surface area contributed by atoms with Crippen LogP contribution in [0.3, 0.4) is 0 Å². The van der Waals surface area contributed by atoms with Crippen molar-refractivity contribution in [2.45, 2.75) is 45.8 Å². The molecule has 25 heavy (non-hydrogen) atoms. The lowest BCUT2D eigenvalue weighted by Gasteiger charge is -2.21. The first kappa shape index (κ1) is 19.5. The third-order valence-electron chi connectivity index (χ3n) is 4.48. The minimum absolute atomic E-state index is 0.239. The minimum Gasteiger partial charge on any atom is -0.382 e. The zero-order valence-corrected chi connectivity index (χ0v) is 15.0. The molecule has 2 aromatic rings. The van der Waals surface area contributed by atoms with Crippen molar-refractivity contribution >= 4 is 16.6 Å². The van der Waals surface area contributed by atoms with Crippen LogP contribution in [0.5, 0.6) is 0 Å². The van der Waals surface area contributed by atoms with E-state index in [2.05, 4.69) is 36.0 Å². The van der Waals surface area contributed by atoms with Gasteiger partial charge in [0, 0.05) is 23.3 Å². The molecule has 0 bridgehead atoms. The minimum atomic E-state index is -4.35. The zero-order chi connectivity index (χ0) is 18.4. The maximum atomic E-state index is 12.8. The average molecular weight is 353 g/mol. The number of anilines is 1. The summed E-state index contributed by atoms with van der Waals surface area (Å²) >= 11 is 0. The van der Waals surface area contributed by atoms with Gasteiger partial charge in [-0.2, -0.15) is 13.2 Å². The van der Waals surface area contributed by atoms with Crippen molar-refractivity contribution < 1.29 is 13.2 Å². The largest absolute Gasteiger partial charge is 0.416 e. The number of hydrogen-bond donors (Lipinski definition) is 1. The maximum absolute atomic E-state index is 12.8. The highest BCUT2D eigenvalue weighted by Crippen LogP contribution is 2.32. The number of benzene rings is 1. The van der Waals surface area contributed by atoms with Gasteiger partial charge in [-0.05, 0) is 57.6 Å². The van der Waals surface area contributed by atoms with Crippen molar-refractivity contribution in [2.75, 3.05) is 25.0 Å². The van der Waals surface area contributed by atoms with Gasteiger partial charge in [0.1, 0.15) is 0 Å². The number of hydrogen-bond acceptors (Lipinski definition) is 3. The molecule has 0 saturated carbocycles. The van der Waals surface area contributed by atoms with E-state index in [1.54, 1.807) is 6.20 Å². The molecule has 0 spiro atoms. The fourth-order valence-corrected chi connectivity index (χ4v) is 2.95. The van der Waals surface area contributed by atoms with Crippen molar-refractivity contribution in [1.29, 1.82) is 0 Å². The predicted molar refractivity (Wildman–Crippen MR) is 96.9 cm³/mol. The van der Waals surface area contributed by atoms with E-state index < -0.39 is 11.7 Å². The SMILES string of the molecule is CCN(CC)CCC[C@@H](C)Nc1ccnc2cc(C(F)(F)F)ccc12. The number of nitrogens with one attached hydrogen (secondary N) is 1. The molecular formula is C19H26F3N3. The third-order valence-corrected chi connectivity index (χ3v) is 4.48. The third kappa shape index (κ3) is 5.33. The zero-order valence-electron chi connectivity index (χ0n) is 15.0. The summed E-state index contributed by atoms with van der Waals surface area (Å²) in [5.74, 6) is 0. The Labute approximate surface area is 147 Å². The summed E-state index contributed by atoms with van der Waals surface area (Å²) in [6.45, 7) is 9.57. The van der Waals surface area contributed by atoms with Gasteiger partial charge in [-0.1, -0.05) is 19.9 Å². The van der Waals surface area contributed by atoms with Crippen LogP contribution in [0.25, 0.3) is 10.9 Å². The summed E-state index contributed by atoms with van der Waals surface area (Å²) in [6, 6.07) is 5.77. The lowest BCUT2D eigenvalue weighted by atomic mass is 10.1. The molecule has 0 radical (unpaired) electrons. The lowest BCUT2D eigenvalue weighted by molar-refractivity contribution is -0.137. The van der Waals surface area contributed by atoms with Gasteiger partial charge in [0.15, 0.2) is 0 Å². The molecule has 6 heteroatoms. The highest BCUT2D eigenvalue weighted by molar-refractivity contribution is 5.91. The fourth-order valence-electron chi connectivity index (χ4n) is 2.95. The summed E-state index contributed by atoms with van der Waals surface area (Å²) < 4.78 is 38.5. The van der Waals surface area contributed by atoms with Gasteiger partial charge in [-0.25, -0.2) is 0 Å². The molecule has 0 amide bonds. The second kappa shape index (κ2) is 8.52. The first-order valence-corrected chi connectivity index (χ1v) is 8.80. The van der Waals surface area contributed by atoms with Crippen molar-refractivity contribution in [1.82, 2.24) is 9.88 Å². The van der Waals surface area contributed by atoms with Crippen LogP contribution in [0.4, 0.5) is 18.9 Å². The topological polar surface area (TPSA) is 28.2 Å². The summed E-state index contributed by atoms with van der Waals surface area (Å²) in [5, 5.41) is 4.13. The standard InChI is InChI=1S/C19H26F3N3/c1-4-25(5-2)12-6-7-14(3)24-17-10-11-23-18-13-15(19(20,21)22)8-9-16(17)18/h8-11,13-14H,4-7,12H2,1-3H3,(H,23,24)/t14-/m1/s1. The van der Waals surface area contributed by atoms with Crippen LogP contribution in [0.2, 0.25) is 0 Å². The molecule has 0 fully saturated rings. The van der Waals surface area contributed by atoms with Gasteiger partial charge < -0.3 is 10.2 Å². The van der Waals surface area contributed by atoms with E-state index >= 15 is 0 Å². The summed E-state index contributed by atoms with van der Waals surface area (Å²) in [6.07, 6.45) is -0.720. The van der Waals surface area contributed by atoms with Crippen LogP contribution < -0.4 is 5.32 Å². The molecule has 0 aliphatic heterocycles. The molecule has 1 aromatic heterocycles. The molecule has 1 N–H and O–H groups in total.